The van der Waals surface area contributed by atoms with E-state index in [1.165, 1.54) is 0 Å². The summed E-state index contributed by atoms with van der Waals surface area (Å²) in [7, 11) is 0. The highest BCUT2D eigenvalue weighted by Gasteiger charge is 2.33. The quantitative estimate of drug-likeness (QED) is 0.875. The molecule has 1 aliphatic rings. The molecule has 110 valence electrons. The van der Waals surface area contributed by atoms with Crippen molar-refractivity contribution >= 4 is 5.95 Å². The van der Waals surface area contributed by atoms with Crippen LogP contribution in [0.5, 0.6) is 11.5 Å². The first-order valence-corrected chi connectivity index (χ1v) is 6.05. The maximum absolute atomic E-state index is 12.7. The Morgan fingerprint density at radius 3 is 2.43 bits per heavy atom. The van der Waals surface area contributed by atoms with Gasteiger partial charge in [-0.3, -0.25) is 0 Å². The Morgan fingerprint density at radius 1 is 1.00 bits per heavy atom. The average Bonchev–Trinajstić information content (AvgIpc) is 2.45. The summed E-state index contributed by atoms with van der Waals surface area (Å²) < 4.78 is 49.0. The molecule has 0 spiro atoms. The van der Waals surface area contributed by atoms with Gasteiger partial charge in [-0.05, 0) is 24.3 Å². The van der Waals surface area contributed by atoms with Crippen LogP contribution in [0.15, 0.2) is 24.3 Å². The Bertz CT molecular complexity index is 689. The van der Waals surface area contributed by atoms with Crippen LogP contribution in [0, 0.1) is 0 Å². The Labute approximate surface area is 117 Å². The number of nitrogens with zero attached hydrogens (tertiary/aromatic N) is 2. The molecular weight excluding hydrogens is 287 g/mol. The standard InChI is InChI=1S/C13H10F3N3O2/c14-13(15,16)11-6-8(18-12(17)19-11)7-1-2-9-10(5-7)21-4-3-20-9/h1-2,5-6H,3-4H2,(H2,17,18,19). The zero-order valence-corrected chi connectivity index (χ0v) is 10.6. The molecule has 0 saturated carbocycles. The minimum absolute atomic E-state index is 0.0757. The summed E-state index contributed by atoms with van der Waals surface area (Å²) in [5.41, 5.74) is 4.79. The number of alkyl halides is 3. The number of aromatic nitrogens is 2. The number of nitrogens with two attached hydrogens (primary N) is 1. The number of benzene rings is 1. The van der Waals surface area contributed by atoms with Gasteiger partial charge in [0, 0.05) is 5.56 Å². The molecule has 2 N–H and O–H groups in total. The maximum atomic E-state index is 12.7. The largest absolute Gasteiger partial charge is 0.486 e. The summed E-state index contributed by atoms with van der Waals surface area (Å²) in [5.74, 6) is 0.572. The maximum Gasteiger partial charge on any atom is 0.433 e. The van der Waals surface area contributed by atoms with E-state index in [0.29, 0.717) is 30.3 Å². The summed E-state index contributed by atoms with van der Waals surface area (Å²) in [6, 6.07) is 5.63. The number of ether oxygens (including phenoxy) is 2. The smallest absolute Gasteiger partial charge is 0.433 e. The van der Waals surface area contributed by atoms with Crippen molar-refractivity contribution in [1.82, 2.24) is 9.97 Å². The van der Waals surface area contributed by atoms with Crippen LogP contribution in [0.3, 0.4) is 0 Å². The van der Waals surface area contributed by atoms with E-state index < -0.39 is 17.8 Å². The van der Waals surface area contributed by atoms with Crippen LogP contribution in [0.25, 0.3) is 11.3 Å². The third-order valence-electron chi connectivity index (χ3n) is 2.87. The van der Waals surface area contributed by atoms with Crippen molar-refractivity contribution < 1.29 is 22.6 Å². The molecule has 0 saturated heterocycles. The van der Waals surface area contributed by atoms with E-state index >= 15 is 0 Å². The molecule has 1 aliphatic heterocycles. The second kappa shape index (κ2) is 4.80. The molecule has 0 bridgehead atoms. The molecule has 1 aromatic carbocycles. The van der Waals surface area contributed by atoms with Gasteiger partial charge in [-0.2, -0.15) is 13.2 Å². The van der Waals surface area contributed by atoms with Gasteiger partial charge in [0.2, 0.25) is 5.95 Å². The number of rotatable bonds is 1. The molecule has 0 unspecified atom stereocenters. The zero-order chi connectivity index (χ0) is 15.0. The van der Waals surface area contributed by atoms with Crippen LogP contribution >= 0.6 is 0 Å². The fourth-order valence-electron chi connectivity index (χ4n) is 1.96. The van der Waals surface area contributed by atoms with Crippen LogP contribution in [0.4, 0.5) is 19.1 Å². The fourth-order valence-corrected chi connectivity index (χ4v) is 1.96. The van der Waals surface area contributed by atoms with E-state index in [4.69, 9.17) is 15.2 Å². The molecule has 2 heterocycles. The van der Waals surface area contributed by atoms with Gasteiger partial charge >= 0.3 is 6.18 Å². The lowest BCUT2D eigenvalue weighted by Gasteiger charge is -2.19. The van der Waals surface area contributed by atoms with Crippen LogP contribution in [-0.4, -0.2) is 23.2 Å². The molecule has 0 fully saturated rings. The highest BCUT2D eigenvalue weighted by molar-refractivity contribution is 5.65. The molecule has 0 atom stereocenters. The molecule has 21 heavy (non-hydrogen) atoms. The molecule has 1 aromatic heterocycles. The number of halogens is 3. The zero-order valence-electron chi connectivity index (χ0n) is 10.6. The van der Waals surface area contributed by atoms with Crippen LogP contribution in [0.2, 0.25) is 0 Å². The first-order valence-electron chi connectivity index (χ1n) is 6.05. The minimum Gasteiger partial charge on any atom is -0.486 e. The van der Waals surface area contributed by atoms with E-state index in [9.17, 15) is 13.2 Å². The van der Waals surface area contributed by atoms with E-state index in [1.807, 2.05) is 0 Å². The normalized spacial score (nSPS) is 14.0. The van der Waals surface area contributed by atoms with Crippen LogP contribution < -0.4 is 15.2 Å². The summed E-state index contributed by atoms with van der Waals surface area (Å²) in [4.78, 5) is 7.04. The highest BCUT2D eigenvalue weighted by Crippen LogP contribution is 2.35. The lowest BCUT2D eigenvalue weighted by Crippen LogP contribution is -2.15. The summed E-state index contributed by atoms with van der Waals surface area (Å²) >= 11 is 0. The molecule has 0 radical (unpaired) electrons. The Kier molecular flexibility index (Phi) is 3.08. The minimum atomic E-state index is -4.58. The lowest BCUT2D eigenvalue weighted by atomic mass is 10.1. The first kappa shape index (κ1) is 13.5. The van der Waals surface area contributed by atoms with Crippen molar-refractivity contribution in [2.24, 2.45) is 0 Å². The molecule has 3 rings (SSSR count). The van der Waals surface area contributed by atoms with Crippen molar-refractivity contribution in [1.29, 1.82) is 0 Å². The Morgan fingerprint density at radius 2 is 1.71 bits per heavy atom. The molecule has 2 aromatic rings. The van der Waals surface area contributed by atoms with Gasteiger partial charge in [0.1, 0.15) is 13.2 Å². The van der Waals surface area contributed by atoms with E-state index in [-0.39, 0.29) is 5.69 Å². The van der Waals surface area contributed by atoms with Gasteiger partial charge in [-0.15, -0.1) is 0 Å². The van der Waals surface area contributed by atoms with Gasteiger partial charge in [0.15, 0.2) is 17.2 Å². The average molecular weight is 297 g/mol. The van der Waals surface area contributed by atoms with Crippen molar-refractivity contribution in [2.45, 2.75) is 6.18 Å². The van der Waals surface area contributed by atoms with Crippen LogP contribution in [0.1, 0.15) is 5.69 Å². The van der Waals surface area contributed by atoms with Gasteiger partial charge in [-0.1, -0.05) is 0 Å². The van der Waals surface area contributed by atoms with Crippen molar-refractivity contribution in [3.63, 3.8) is 0 Å². The van der Waals surface area contributed by atoms with Gasteiger partial charge in [0.25, 0.3) is 0 Å². The van der Waals surface area contributed by atoms with Crippen molar-refractivity contribution in [2.75, 3.05) is 18.9 Å². The number of hydrogen-bond acceptors (Lipinski definition) is 5. The number of nitrogen functional groups attached to an aromatic ring is 1. The molecular formula is C13H10F3N3O2. The monoisotopic (exact) mass is 297 g/mol. The molecule has 8 heteroatoms. The Hall–Kier alpha value is -2.51. The van der Waals surface area contributed by atoms with E-state index in [2.05, 4.69) is 9.97 Å². The SMILES string of the molecule is Nc1nc(-c2ccc3c(c2)OCCO3)cc(C(F)(F)F)n1. The summed E-state index contributed by atoms with van der Waals surface area (Å²) in [5, 5.41) is 0. The number of fused-ring (bicyclic) bond motifs is 1. The van der Waals surface area contributed by atoms with E-state index in [1.54, 1.807) is 18.2 Å². The van der Waals surface area contributed by atoms with Gasteiger partial charge in [-0.25, -0.2) is 9.97 Å². The predicted octanol–water partition coefficient (Wildman–Crippen LogP) is 2.52. The second-order valence-electron chi connectivity index (χ2n) is 4.35. The topological polar surface area (TPSA) is 70.3 Å². The van der Waals surface area contributed by atoms with Crippen LogP contribution in [-0.2, 0) is 6.18 Å². The van der Waals surface area contributed by atoms with E-state index in [0.717, 1.165) is 6.07 Å². The third-order valence-corrected chi connectivity index (χ3v) is 2.87. The Balaban J connectivity index is 2.06. The molecule has 0 aliphatic carbocycles. The highest BCUT2D eigenvalue weighted by atomic mass is 19.4. The number of hydrogen-bond donors (Lipinski definition) is 1. The fraction of sp³-hybridized carbons (Fsp3) is 0.231. The second-order valence-corrected chi connectivity index (χ2v) is 4.35. The molecule has 0 amide bonds. The lowest BCUT2D eigenvalue weighted by molar-refractivity contribution is -0.141. The van der Waals surface area contributed by atoms with Crippen molar-refractivity contribution in [3.05, 3.63) is 30.0 Å². The van der Waals surface area contributed by atoms with Gasteiger partial charge < -0.3 is 15.2 Å². The molecule has 5 nitrogen and oxygen atoms in total. The van der Waals surface area contributed by atoms with Gasteiger partial charge in [0.05, 0.1) is 5.69 Å². The third kappa shape index (κ3) is 2.69. The number of anilines is 1. The first-order chi connectivity index (χ1) is 9.93. The summed E-state index contributed by atoms with van der Waals surface area (Å²) in [6.07, 6.45) is -4.58. The predicted molar refractivity (Wildman–Crippen MR) is 67.9 cm³/mol. The summed E-state index contributed by atoms with van der Waals surface area (Å²) in [6.45, 7) is 0.821. The van der Waals surface area contributed by atoms with Crippen molar-refractivity contribution in [3.8, 4) is 22.8 Å².